The highest BCUT2D eigenvalue weighted by atomic mass is 31.2. The molecule has 3 rings (SSSR count). The number of aliphatic hydroxyl groups is 10. The SMILES string of the molecule is CCCCCCCC/C=C\CCCCCCCC(=O)O[C@H](COC(=O)CCCCCC/C=C\CCCCCCCCC)COP(C)(=O)OCCNC(=O)CCCCC(=O)NCCCO[C@@H]1OC(CO)[C@@H](O[C@@H]2OC(CO)[C@H](O[C@H]3OC(CO)[C@H](O)[C@H](O)C3O)[C@H](O)C2O)[C@H](O)C1O. The molecule has 3 aliphatic heterocycles. The molecule has 3 fully saturated rings. The summed E-state index contributed by atoms with van der Waals surface area (Å²) in [5.41, 5.74) is 0. The summed E-state index contributed by atoms with van der Waals surface area (Å²) >= 11 is 0. The van der Waals surface area contributed by atoms with Crippen LogP contribution in [-0.2, 0) is 70.7 Å². The molecule has 12 N–H and O–H groups in total. The van der Waals surface area contributed by atoms with Gasteiger partial charge in [-0.3, -0.25) is 23.7 Å². The lowest BCUT2D eigenvalue weighted by molar-refractivity contribution is -0.379. The molecule has 0 bridgehead atoms. The number of carbonyl (C=O) groups is 4. The van der Waals surface area contributed by atoms with Crippen LogP contribution in [0.15, 0.2) is 24.3 Å². The minimum absolute atomic E-state index is 0.00986. The standard InChI is InChI=1S/C69H125N2O25P/c1-4-6-8-10-12-14-16-18-20-22-24-26-28-30-32-39-56(77)88-48-50(91-57(78)40-33-31-29-27-25-23-21-19-17-15-13-11-9-7-5-2)49-90-97(3,86)89-44-42-71-55(76)38-35-34-37-54(75)70-41-36-43-87-67-63(84)60(81)65(52(46-73)93-67)96-69-64(85)61(82)66(53(47-74)94-69)95-68-62(83)59(80)58(79)51(45-72)92-68/h19-22,50-53,58-69,72-74,79-85H,4-18,23-49H2,1-3H3,(H,70,75)(H,71,76)/b21-19-,22-20-/t50-,51?,52?,53?,58+,59+,60-,61-,62?,63?,64?,65-,66+,67-,68-,69+,97?/m1/s1. The molecule has 0 aliphatic carbocycles. The number of rotatable bonds is 57. The van der Waals surface area contributed by atoms with Gasteiger partial charge in [0, 0.05) is 45.4 Å². The van der Waals surface area contributed by atoms with E-state index in [-0.39, 0.29) is 83.4 Å². The third-order valence-electron chi connectivity index (χ3n) is 17.3. The van der Waals surface area contributed by atoms with Crippen molar-refractivity contribution >= 4 is 31.3 Å². The molecule has 0 aromatic heterocycles. The largest absolute Gasteiger partial charge is 0.462 e. The van der Waals surface area contributed by atoms with E-state index in [1.165, 1.54) is 90.1 Å². The first-order chi connectivity index (χ1) is 46.8. The van der Waals surface area contributed by atoms with Crippen LogP contribution in [0.25, 0.3) is 0 Å². The summed E-state index contributed by atoms with van der Waals surface area (Å²) in [7, 11) is -3.72. The summed E-state index contributed by atoms with van der Waals surface area (Å²) in [5, 5.41) is 110. The van der Waals surface area contributed by atoms with Crippen molar-refractivity contribution in [2.24, 2.45) is 0 Å². The number of nitrogens with one attached hydrogen (secondary N) is 2. The lowest BCUT2D eigenvalue weighted by Gasteiger charge is -2.48. The number of aliphatic hydroxyl groups excluding tert-OH is 10. The molecule has 27 nitrogen and oxygen atoms in total. The van der Waals surface area contributed by atoms with E-state index in [2.05, 4.69) is 48.8 Å². The second-order valence-electron chi connectivity index (χ2n) is 25.8. The van der Waals surface area contributed by atoms with Crippen LogP contribution < -0.4 is 10.6 Å². The van der Waals surface area contributed by atoms with Gasteiger partial charge in [0.05, 0.1) is 39.6 Å². The van der Waals surface area contributed by atoms with Gasteiger partial charge in [0.2, 0.25) is 11.8 Å². The molecular weight excluding hydrogens is 1290 g/mol. The third kappa shape index (κ3) is 37.6. The van der Waals surface area contributed by atoms with Gasteiger partial charge >= 0.3 is 19.5 Å². The first-order valence-electron chi connectivity index (χ1n) is 36.3. The van der Waals surface area contributed by atoms with Crippen molar-refractivity contribution in [1.82, 2.24) is 10.6 Å². The van der Waals surface area contributed by atoms with Crippen LogP contribution in [0.1, 0.15) is 226 Å². The van der Waals surface area contributed by atoms with Gasteiger partial charge in [-0.1, -0.05) is 141 Å². The van der Waals surface area contributed by atoms with Crippen molar-refractivity contribution in [3.05, 3.63) is 24.3 Å². The molecule has 7 unspecified atom stereocenters. The molecule has 566 valence electrons. The summed E-state index contributed by atoms with van der Waals surface area (Å²) < 4.78 is 69.1. The fourth-order valence-corrected chi connectivity index (χ4v) is 12.3. The molecule has 0 radical (unpaired) electrons. The molecule has 97 heavy (non-hydrogen) atoms. The summed E-state index contributed by atoms with van der Waals surface area (Å²) in [6.45, 7) is 2.59. The number of unbranched alkanes of at least 4 members (excludes halogenated alkanes) is 23. The topological polar surface area (TPSA) is 404 Å². The number of ether oxygens (including phenoxy) is 8. The Kier molecular flexibility index (Phi) is 48.7. The molecule has 2 amide bonds. The number of allylic oxidation sites excluding steroid dienone is 4. The molecule has 17 atom stereocenters. The van der Waals surface area contributed by atoms with Crippen LogP contribution in [0.3, 0.4) is 0 Å². The van der Waals surface area contributed by atoms with Crippen LogP contribution in [0, 0.1) is 0 Å². The van der Waals surface area contributed by atoms with Crippen molar-refractivity contribution in [1.29, 1.82) is 0 Å². The van der Waals surface area contributed by atoms with Gasteiger partial charge in [-0.25, -0.2) is 0 Å². The molecule has 0 spiro atoms. The average molecular weight is 1410 g/mol. The van der Waals surface area contributed by atoms with E-state index in [4.69, 9.17) is 46.9 Å². The van der Waals surface area contributed by atoms with E-state index in [0.29, 0.717) is 25.7 Å². The first-order valence-corrected chi connectivity index (χ1v) is 38.3. The molecule has 3 saturated heterocycles. The second kappa shape index (κ2) is 53.7. The predicted molar refractivity (Wildman–Crippen MR) is 359 cm³/mol. The third-order valence-corrected chi connectivity index (χ3v) is 18.6. The van der Waals surface area contributed by atoms with Crippen LogP contribution in [0.2, 0.25) is 0 Å². The van der Waals surface area contributed by atoms with Gasteiger partial charge in [0.15, 0.2) is 25.0 Å². The lowest BCUT2D eigenvalue weighted by atomic mass is 9.96. The Labute approximate surface area is 575 Å². The Bertz CT molecular complexity index is 2160. The van der Waals surface area contributed by atoms with E-state index in [1.807, 2.05) is 0 Å². The molecule has 3 heterocycles. The summed E-state index contributed by atoms with van der Waals surface area (Å²) in [6, 6.07) is 0. The maximum atomic E-state index is 13.3. The zero-order chi connectivity index (χ0) is 71.1. The Morgan fingerprint density at radius 1 is 0.433 bits per heavy atom. The molecule has 0 saturated carbocycles. The van der Waals surface area contributed by atoms with Crippen molar-refractivity contribution in [2.45, 2.75) is 324 Å². The number of esters is 2. The summed E-state index contributed by atoms with van der Waals surface area (Å²) in [4.78, 5) is 50.9. The smallest absolute Gasteiger partial charge is 0.327 e. The van der Waals surface area contributed by atoms with Gasteiger partial charge in [0.25, 0.3) is 0 Å². The minimum atomic E-state index is -3.72. The van der Waals surface area contributed by atoms with Crippen LogP contribution in [-0.4, -0.2) is 239 Å². The zero-order valence-electron chi connectivity index (χ0n) is 58.3. The highest BCUT2D eigenvalue weighted by molar-refractivity contribution is 7.52. The monoisotopic (exact) mass is 1410 g/mol. The van der Waals surface area contributed by atoms with Crippen molar-refractivity contribution in [3.63, 3.8) is 0 Å². The zero-order valence-corrected chi connectivity index (χ0v) is 59.2. The first kappa shape index (κ1) is 88.1. The lowest BCUT2D eigenvalue weighted by Crippen LogP contribution is -2.66. The minimum Gasteiger partial charge on any atom is -0.462 e. The maximum absolute atomic E-state index is 13.3. The van der Waals surface area contributed by atoms with E-state index in [1.54, 1.807) is 0 Å². The van der Waals surface area contributed by atoms with Gasteiger partial charge in [0.1, 0.15) is 79.9 Å². The fourth-order valence-electron chi connectivity index (χ4n) is 11.4. The van der Waals surface area contributed by atoms with Gasteiger partial charge in [-0.05, 0) is 83.5 Å². The predicted octanol–water partition coefficient (Wildman–Crippen LogP) is 6.02. The van der Waals surface area contributed by atoms with Crippen molar-refractivity contribution in [2.75, 3.05) is 66.0 Å². The molecule has 0 aromatic rings. The number of hydrogen-bond donors (Lipinski definition) is 12. The number of amides is 2. The second-order valence-corrected chi connectivity index (χ2v) is 27.9. The molecule has 3 aliphatic rings. The number of carbonyl (C=O) groups excluding carboxylic acids is 4. The van der Waals surface area contributed by atoms with E-state index >= 15 is 0 Å². The average Bonchev–Trinajstić information content (AvgIpc) is 0.784. The van der Waals surface area contributed by atoms with Crippen molar-refractivity contribution in [3.8, 4) is 0 Å². The van der Waals surface area contributed by atoms with E-state index in [0.717, 1.165) is 70.6 Å². The van der Waals surface area contributed by atoms with E-state index in [9.17, 15) is 74.8 Å². The highest BCUT2D eigenvalue weighted by Gasteiger charge is 2.53. The van der Waals surface area contributed by atoms with Gasteiger partial charge in [-0.2, -0.15) is 0 Å². The normalized spacial score (nSPS) is 27.0. The number of hydrogen-bond acceptors (Lipinski definition) is 25. The Hall–Kier alpha value is -3.13. The molecular formula is C69H125N2O25P. The Balaban J connectivity index is 1.32. The highest BCUT2D eigenvalue weighted by Crippen LogP contribution is 2.44. The fraction of sp³-hybridized carbons (Fsp3) is 0.884. The quantitative estimate of drug-likeness (QED) is 0.0143. The Morgan fingerprint density at radius 2 is 0.835 bits per heavy atom. The van der Waals surface area contributed by atoms with E-state index < -0.39 is 138 Å². The van der Waals surface area contributed by atoms with Crippen LogP contribution in [0.4, 0.5) is 0 Å². The maximum Gasteiger partial charge on any atom is 0.327 e. The summed E-state index contributed by atoms with van der Waals surface area (Å²) in [6.07, 6.45) is 13.7. The molecule has 0 aromatic carbocycles. The van der Waals surface area contributed by atoms with Crippen molar-refractivity contribution < 1.29 is 122 Å². The van der Waals surface area contributed by atoms with Crippen LogP contribution >= 0.6 is 7.60 Å². The van der Waals surface area contributed by atoms with Crippen LogP contribution in [0.5, 0.6) is 0 Å². The molecule has 28 heteroatoms. The summed E-state index contributed by atoms with van der Waals surface area (Å²) in [5.74, 6) is -1.51. The van der Waals surface area contributed by atoms with Gasteiger partial charge in [-0.15, -0.1) is 0 Å². The van der Waals surface area contributed by atoms with Gasteiger partial charge < -0.3 is 109 Å². The Morgan fingerprint density at radius 3 is 1.32 bits per heavy atom.